The summed E-state index contributed by atoms with van der Waals surface area (Å²) in [5.41, 5.74) is 1.32. The summed E-state index contributed by atoms with van der Waals surface area (Å²) in [6, 6.07) is 6.71. The van der Waals surface area contributed by atoms with Gasteiger partial charge in [0.1, 0.15) is 0 Å². The second-order valence-electron chi connectivity index (χ2n) is 2.67. The lowest BCUT2D eigenvalue weighted by Crippen LogP contribution is -1.88. The third-order valence-corrected chi connectivity index (χ3v) is 1.69. The Labute approximate surface area is 84.9 Å². The number of nitro groups is 1. The molecular weight excluding hydrogens is 178 g/mol. The molecule has 0 heterocycles. The van der Waals surface area contributed by atoms with Crippen LogP contribution >= 0.6 is 0 Å². The monoisotopic (exact) mass is 195 g/mol. The Morgan fingerprint density at radius 1 is 1.21 bits per heavy atom. The van der Waals surface area contributed by atoms with Crippen molar-refractivity contribution in [3.8, 4) is 0 Å². The van der Waals surface area contributed by atoms with E-state index in [9.17, 15) is 10.1 Å². The van der Waals surface area contributed by atoms with Gasteiger partial charge in [0.2, 0.25) is 0 Å². The Morgan fingerprint density at radius 2 is 1.71 bits per heavy atom. The Morgan fingerprint density at radius 3 is 2.07 bits per heavy atom. The number of non-ortho nitro benzene ring substituents is 1. The lowest BCUT2D eigenvalue weighted by Gasteiger charge is -1.96. The van der Waals surface area contributed by atoms with Crippen molar-refractivity contribution in [1.29, 1.82) is 0 Å². The molecule has 0 bridgehead atoms. The number of nitrogens with zero attached hydrogens (tertiary/aromatic N) is 1. The molecule has 0 unspecified atom stereocenters. The Bertz CT molecular complexity index is 267. The molecule has 0 radical (unpaired) electrons. The minimum Gasteiger partial charge on any atom is -0.258 e. The van der Waals surface area contributed by atoms with Gasteiger partial charge in [-0.3, -0.25) is 10.1 Å². The van der Waals surface area contributed by atoms with E-state index >= 15 is 0 Å². The summed E-state index contributed by atoms with van der Waals surface area (Å²) in [4.78, 5) is 9.90. The van der Waals surface area contributed by atoms with Crippen LogP contribution in [0.5, 0.6) is 0 Å². The molecule has 0 atom stereocenters. The van der Waals surface area contributed by atoms with E-state index in [0.29, 0.717) is 0 Å². The molecule has 1 aromatic carbocycles. The van der Waals surface area contributed by atoms with Crippen molar-refractivity contribution in [1.82, 2.24) is 0 Å². The zero-order chi connectivity index (χ0) is 11.0. The maximum absolute atomic E-state index is 10.3. The Kier molecular flexibility index (Phi) is 6.37. The van der Waals surface area contributed by atoms with E-state index < -0.39 is 0 Å². The van der Waals surface area contributed by atoms with Crippen molar-refractivity contribution >= 4 is 5.69 Å². The molecule has 0 aromatic heterocycles. The van der Waals surface area contributed by atoms with Gasteiger partial charge >= 0.3 is 0 Å². The van der Waals surface area contributed by atoms with Crippen LogP contribution in [0.2, 0.25) is 0 Å². The van der Waals surface area contributed by atoms with E-state index in [4.69, 9.17) is 0 Å². The number of hydrogen-bond donors (Lipinski definition) is 0. The van der Waals surface area contributed by atoms with Crippen LogP contribution in [0.15, 0.2) is 24.3 Å². The van der Waals surface area contributed by atoms with Crippen LogP contribution in [0.4, 0.5) is 5.69 Å². The highest BCUT2D eigenvalue weighted by atomic mass is 16.6. The number of rotatable bonds is 3. The fourth-order valence-electron chi connectivity index (χ4n) is 1.07. The predicted molar refractivity (Wildman–Crippen MR) is 58.4 cm³/mol. The summed E-state index contributed by atoms with van der Waals surface area (Å²) in [5.74, 6) is 0. The number of aryl methyl sites for hydroxylation is 1. The molecule has 0 saturated heterocycles. The summed E-state index contributed by atoms with van der Waals surface area (Å²) in [5, 5.41) is 10.3. The third-order valence-electron chi connectivity index (χ3n) is 1.69. The van der Waals surface area contributed by atoms with Gasteiger partial charge in [0.05, 0.1) is 4.92 Å². The maximum atomic E-state index is 10.3. The highest BCUT2D eigenvalue weighted by Gasteiger charge is 2.02. The average Bonchev–Trinajstić information content (AvgIpc) is 2.22. The number of benzene rings is 1. The topological polar surface area (TPSA) is 43.1 Å². The standard InChI is InChI=1S/C9H11NO2.C2H6/c1-2-3-8-4-6-9(7-5-8)10(11)12;1-2/h4-7H,2-3H2,1H3;1-2H3. The molecule has 0 aliphatic carbocycles. The summed E-state index contributed by atoms with van der Waals surface area (Å²) in [7, 11) is 0. The van der Waals surface area contributed by atoms with E-state index in [1.165, 1.54) is 0 Å². The fourth-order valence-corrected chi connectivity index (χ4v) is 1.07. The van der Waals surface area contributed by atoms with Gasteiger partial charge < -0.3 is 0 Å². The van der Waals surface area contributed by atoms with Gasteiger partial charge in [0.25, 0.3) is 5.69 Å². The van der Waals surface area contributed by atoms with Gasteiger partial charge in [-0.25, -0.2) is 0 Å². The molecule has 0 fully saturated rings. The molecule has 0 saturated carbocycles. The minimum atomic E-state index is -0.379. The van der Waals surface area contributed by atoms with Gasteiger partial charge in [-0.05, 0) is 12.0 Å². The first-order valence-corrected chi connectivity index (χ1v) is 4.97. The molecule has 78 valence electrons. The largest absolute Gasteiger partial charge is 0.269 e. The van der Waals surface area contributed by atoms with Crippen molar-refractivity contribution in [2.24, 2.45) is 0 Å². The van der Waals surface area contributed by atoms with E-state index in [-0.39, 0.29) is 10.6 Å². The summed E-state index contributed by atoms with van der Waals surface area (Å²) in [6.07, 6.45) is 2.05. The van der Waals surface area contributed by atoms with Gasteiger partial charge in [-0.15, -0.1) is 0 Å². The average molecular weight is 195 g/mol. The van der Waals surface area contributed by atoms with Crippen LogP contribution in [0.3, 0.4) is 0 Å². The fraction of sp³-hybridized carbons (Fsp3) is 0.455. The molecule has 0 amide bonds. The van der Waals surface area contributed by atoms with Gasteiger partial charge in [-0.1, -0.05) is 39.3 Å². The normalized spacial score (nSPS) is 8.79. The first kappa shape index (κ1) is 12.6. The van der Waals surface area contributed by atoms with Crippen molar-refractivity contribution < 1.29 is 4.92 Å². The molecule has 1 rings (SSSR count). The van der Waals surface area contributed by atoms with Crippen molar-refractivity contribution in [3.05, 3.63) is 39.9 Å². The number of hydrogen-bond acceptors (Lipinski definition) is 2. The second kappa shape index (κ2) is 7.06. The lowest BCUT2D eigenvalue weighted by molar-refractivity contribution is -0.384. The first-order chi connectivity index (χ1) is 6.74. The molecule has 14 heavy (non-hydrogen) atoms. The summed E-state index contributed by atoms with van der Waals surface area (Å²) in [6.45, 7) is 6.08. The SMILES string of the molecule is CC.CCCc1ccc([N+](=O)[O-])cc1. The summed E-state index contributed by atoms with van der Waals surface area (Å²) >= 11 is 0. The zero-order valence-electron chi connectivity index (χ0n) is 8.99. The van der Waals surface area contributed by atoms with Crippen LogP contribution in [0.1, 0.15) is 32.8 Å². The maximum Gasteiger partial charge on any atom is 0.269 e. The van der Waals surface area contributed by atoms with Crippen LogP contribution in [0, 0.1) is 10.1 Å². The molecule has 0 N–H and O–H groups in total. The van der Waals surface area contributed by atoms with E-state index in [2.05, 4.69) is 6.92 Å². The second-order valence-corrected chi connectivity index (χ2v) is 2.67. The van der Waals surface area contributed by atoms with Gasteiger partial charge in [0.15, 0.2) is 0 Å². The molecule has 1 aromatic rings. The lowest BCUT2D eigenvalue weighted by atomic mass is 10.1. The summed E-state index contributed by atoms with van der Waals surface area (Å²) < 4.78 is 0. The van der Waals surface area contributed by atoms with E-state index in [1.807, 2.05) is 26.0 Å². The van der Waals surface area contributed by atoms with Crippen molar-refractivity contribution in [3.63, 3.8) is 0 Å². The first-order valence-electron chi connectivity index (χ1n) is 4.97. The van der Waals surface area contributed by atoms with Crippen LogP contribution < -0.4 is 0 Å². The third kappa shape index (κ3) is 4.03. The molecule has 0 spiro atoms. The molecule has 3 nitrogen and oxygen atoms in total. The van der Waals surface area contributed by atoms with Gasteiger partial charge in [0, 0.05) is 12.1 Å². The highest BCUT2D eigenvalue weighted by Crippen LogP contribution is 2.12. The smallest absolute Gasteiger partial charge is 0.258 e. The molecule has 3 heteroatoms. The minimum absolute atomic E-state index is 0.162. The van der Waals surface area contributed by atoms with Crippen molar-refractivity contribution in [2.45, 2.75) is 33.6 Å². The molecule has 0 aliphatic rings. The highest BCUT2D eigenvalue weighted by molar-refractivity contribution is 5.32. The molecular formula is C11H17NO2. The predicted octanol–water partition coefficient (Wildman–Crippen LogP) is 3.57. The Balaban J connectivity index is 0.000000791. The van der Waals surface area contributed by atoms with E-state index in [0.717, 1.165) is 18.4 Å². The van der Waals surface area contributed by atoms with Gasteiger partial charge in [-0.2, -0.15) is 0 Å². The zero-order valence-corrected chi connectivity index (χ0v) is 8.99. The number of nitro benzene ring substituents is 1. The quantitative estimate of drug-likeness (QED) is 0.546. The van der Waals surface area contributed by atoms with E-state index in [1.54, 1.807) is 12.1 Å². The van der Waals surface area contributed by atoms with Crippen molar-refractivity contribution in [2.75, 3.05) is 0 Å². The van der Waals surface area contributed by atoms with Crippen LogP contribution in [-0.2, 0) is 6.42 Å². The van der Waals surface area contributed by atoms with Crippen LogP contribution in [-0.4, -0.2) is 4.92 Å². The molecule has 0 aliphatic heterocycles. The van der Waals surface area contributed by atoms with Crippen LogP contribution in [0.25, 0.3) is 0 Å². The Hall–Kier alpha value is -1.38.